The summed E-state index contributed by atoms with van der Waals surface area (Å²) in [6, 6.07) is 10.2. The molecular formula is C17H25N3O2. The molecule has 120 valence electrons. The van der Waals surface area contributed by atoms with Gasteiger partial charge in [0.05, 0.1) is 19.1 Å². The van der Waals surface area contributed by atoms with Crippen LogP contribution >= 0.6 is 0 Å². The Morgan fingerprint density at radius 3 is 2.45 bits per heavy atom. The second-order valence-electron chi connectivity index (χ2n) is 6.14. The van der Waals surface area contributed by atoms with Crippen molar-refractivity contribution in [2.45, 2.75) is 31.7 Å². The summed E-state index contributed by atoms with van der Waals surface area (Å²) in [5, 5.41) is 3.15. The van der Waals surface area contributed by atoms with Crippen LogP contribution in [0.3, 0.4) is 0 Å². The molecule has 0 aromatic heterocycles. The standard InChI is InChI=1S/C17H25N3O2/c1-20(11-15(18)21)12-16(22)19-17(14-9-5-6-10-14)13-7-3-2-4-8-13/h2-4,7-8,14,17H,5-6,9-12H2,1H3,(H2,18,21)(H,19,22)/t17-/m0/s1. The molecule has 2 amide bonds. The predicted molar refractivity (Wildman–Crippen MR) is 86.0 cm³/mol. The van der Waals surface area contributed by atoms with Gasteiger partial charge in [-0.15, -0.1) is 0 Å². The highest BCUT2D eigenvalue weighted by atomic mass is 16.2. The molecule has 22 heavy (non-hydrogen) atoms. The van der Waals surface area contributed by atoms with E-state index in [9.17, 15) is 9.59 Å². The van der Waals surface area contributed by atoms with Gasteiger partial charge in [0.2, 0.25) is 11.8 Å². The number of hydrogen-bond acceptors (Lipinski definition) is 3. The first-order chi connectivity index (χ1) is 10.6. The molecule has 0 bridgehead atoms. The molecule has 0 aliphatic heterocycles. The van der Waals surface area contributed by atoms with Crippen LogP contribution in [0.15, 0.2) is 30.3 Å². The van der Waals surface area contributed by atoms with Crippen molar-refractivity contribution in [3.8, 4) is 0 Å². The Bertz CT molecular complexity index is 498. The Balaban J connectivity index is 2.00. The van der Waals surface area contributed by atoms with Crippen LogP contribution in [0.4, 0.5) is 0 Å². The molecule has 0 unspecified atom stereocenters. The van der Waals surface area contributed by atoms with Gasteiger partial charge in [0.25, 0.3) is 0 Å². The molecule has 1 aliphatic carbocycles. The van der Waals surface area contributed by atoms with Gasteiger partial charge in [-0.05, 0) is 31.4 Å². The van der Waals surface area contributed by atoms with E-state index in [4.69, 9.17) is 5.73 Å². The third-order valence-corrected chi connectivity index (χ3v) is 4.19. The predicted octanol–water partition coefficient (Wildman–Crippen LogP) is 1.45. The van der Waals surface area contributed by atoms with Gasteiger partial charge in [-0.1, -0.05) is 43.2 Å². The van der Waals surface area contributed by atoms with Crippen molar-refractivity contribution in [1.29, 1.82) is 0 Å². The second kappa shape index (κ2) is 7.94. The van der Waals surface area contributed by atoms with E-state index in [1.165, 1.54) is 12.8 Å². The largest absolute Gasteiger partial charge is 0.369 e. The van der Waals surface area contributed by atoms with Gasteiger partial charge in [-0.25, -0.2) is 0 Å². The minimum absolute atomic E-state index is 0.0539. The Labute approximate surface area is 131 Å². The Hall–Kier alpha value is -1.88. The summed E-state index contributed by atoms with van der Waals surface area (Å²) < 4.78 is 0. The smallest absolute Gasteiger partial charge is 0.234 e. The lowest BCUT2D eigenvalue weighted by molar-refractivity contribution is -0.124. The minimum atomic E-state index is -0.425. The van der Waals surface area contributed by atoms with Crippen molar-refractivity contribution in [2.75, 3.05) is 20.1 Å². The van der Waals surface area contributed by atoms with Crippen LogP contribution in [0.1, 0.15) is 37.3 Å². The highest BCUT2D eigenvalue weighted by molar-refractivity contribution is 5.80. The molecule has 5 nitrogen and oxygen atoms in total. The molecule has 2 rings (SSSR count). The molecule has 1 aliphatic rings. The van der Waals surface area contributed by atoms with Crippen molar-refractivity contribution in [2.24, 2.45) is 11.7 Å². The quantitative estimate of drug-likeness (QED) is 0.800. The summed E-state index contributed by atoms with van der Waals surface area (Å²) in [7, 11) is 1.72. The van der Waals surface area contributed by atoms with Crippen LogP contribution in [-0.4, -0.2) is 36.9 Å². The molecule has 5 heteroatoms. The van der Waals surface area contributed by atoms with Crippen LogP contribution in [0.2, 0.25) is 0 Å². The second-order valence-corrected chi connectivity index (χ2v) is 6.14. The van der Waals surface area contributed by atoms with E-state index in [0.29, 0.717) is 5.92 Å². The van der Waals surface area contributed by atoms with Gasteiger partial charge < -0.3 is 11.1 Å². The molecule has 0 heterocycles. The van der Waals surface area contributed by atoms with E-state index in [2.05, 4.69) is 17.4 Å². The van der Waals surface area contributed by atoms with E-state index in [1.54, 1.807) is 11.9 Å². The number of carbonyl (C=O) groups excluding carboxylic acids is 2. The lowest BCUT2D eigenvalue weighted by Gasteiger charge is -2.26. The van der Waals surface area contributed by atoms with E-state index < -0.39 is 5.91 Å². The van der Waals surface area contributed by atoms with Crippen LogP contribution < -0.4 is 11.1 Å². The number of primary amides is 1. The molecule has 1 aromatic carbocycles. The summed E-state index contributed by atoms with van der Waals surface area (Å²) in [6.45, 7) is 0.270. The van der Waals surface area contributed by atoms with E-state index in [-0.39, 0.29) is 25.0 Å². The average Bonchev–Trinajstić information content (AvgIpc) is 2.98. The van der Waals surface area contributed by atoms with Gasteiger partial charge in [-0.3, -0.25) is 14.5 Å². The summed E-state index contributed by atoms with van der Waals surface area (Å²) in [6.07, 6.45) is 4.75. The van der Waals surface area contributed by atoms with Gasteiger partial charge in [-0.2, -0.15) is 0 Å². The Kier molecular flexibility index (Phi) is 5.95. The molecule has 0 saturated heterocycles. The van der Waals surface area contributed by atoms with E-state index in [0.717, 1.165) is 18.4 Å². The first kappa shape index (κ1) is 16.5. The fourth-order valence-corrected chi connectivity index (χ4v) is 3.21. The maximum Gasteiger partial charge on any atom is 0.234 e. The SMILES string of the molecule is CN(CC(N)=O)CC(=O)N[C@@H](c1ccccc1)C1CCCC1. The van der Waals surface area contributed by atoms with E-state index in [1.807, 2.05) is 18.2 Å². The Morgan fingerprint density at radius 2 is 1.86 bits per heavy atom. The maximum absolute atomic E-state index is 12.3. The zero-order valence-electron chi connectivity index (χ0n) is 13.1. The third kappa shape index (κ3) is 4.84. The van der Waals surface area contributed by atoms with Crippen molar-refractivity contribution in [1.82, 2.24) is 10.2 Å². The molecule has 1 fully saturated rings. The molecule has 0 radical (unpaired) electrons. The number of carbonyl (C=O) groups is 2. The van der Waals surface area contributed by atoms with Gasteiger partial charge >= 0.3 is 0 Å². The monoisotopic (exact) mass is 303 g/mol. The summed E-state index contributed by atoms with van der Waals surface area (Å²) >= 11 is 0. The number of nitrogens with one attached hydrogen (secondary N) is 1. The average molecular weight is 303 g/mol. The number of benzene rings is 1. The molecule has 1 aromatic rings. The van der Waals surface area contributed by atoms with Crippen molar-refractivity contribution >= 4 is 11.8 Å². The van der Waals surface area contributed by atoms with Gasteiger partial charge in [0, 0.05) is 0 Å². The first-order valence-electron chi connectivity index (χ1n) is 7.87. The fraction of sp³-hybridized carbons (Fsp3) is 0.529. The normalized spacial score (nSPS) is 16.6. The first-order valence-corrected chi connectivity index (χ1v) is 7.87. The Morgan fingerprint density at radius 1 is 1.23 bits per heavy atom. The molecule has 0 spiro atoms. The number of nitrogens with two attached hydrogens (primary N) is 1. The third-order valence-electron chi connectivity index (χ3n) is 4.19. The van der Waals surface area contributed by atoms with Gasteiger partial charge in [0.15, 0.2) is 0 Å². The van der Waals surface area contributed by atoms with Crippen molar-refractivity contribution in [3.05, 3.63) is 35.9 Å². The highest BCUT2D eigenvalue weighted by Gasteiger charge is 2.27. The van der Waals surface area contributed by atoms with Crippen molar-refractivity contribution < 1.29 is 9.59 Å². The van der Waals surface area contributed by atoms with Gasteiger partial charge in [0.1, 0.15) is 0 Å². The summed E-state index contributed by atoms with van der Waals surface area (Å²) in [5.74, 6) is 0.00278. The zero-order chi connectivity index (χ0) is 15.9. The molecule has 1 atom stereocenters. The number of nitrogens with zero attached hydrogens (tertiary/aromatic N) is 1. The van der Waals surface area contributed by atoms with E-state index >= 15 is 0 Å². The summed E-state index contributed by atoms with van der Waals surface area (Å²) in [5.41, 5.74) is 6.30. The summed E-state index contributed by atoms with van der Waals surface area (Å²) in [4.78, 5) is 24.8. The fourth-order valence-electron chi connectivity index (χ4n) is 3.21. The molecular weight excluding hydrogens is 278 g/mol. The molecule has 3 N–H and O–H groups in total. The number of rotatable bonds is 7. The zero-order valence-corrected chi connectivity index (χ0v) is 13.1. The molecule has 1 saturated carbocycles. The lowest BCUT2D eigenvalue weighted by atomic mass is 9.91. The number of hydrogen-bond donors (Lipinski definition) is 2. The topological polar surface area (TPSA) is 75.4 Å². The number of amides is 2. The van der Waals surface area contributed by atoms with Crippen LogP contribution in [0, 0.1) is 5.92 Å². The van der Waals surface area contributed by atoms with Crippen LogP contribution in [0.5, 0.6) is 0 Å². The minimum Gasteiger partial charge on any atom is -0.369 e. The lowest BCUT2D eigenvalue weighted by Crippen LogP contribution is -2.41. The highest BCUT2D eigenvalue weighted by Crippen LogP contribution is 2.35. The van der Waals surface area contributed by atoms with Crippen LogP contribution in [-0.2, 0) is 9.59 Å². The van der Waals surface area contributed by atoms with Crippen molar-refractivity contribution in [3.63, 3.8) is 0 Å². The van der Waals surface area contributed by atoms with Crippen LogP contribution in [0.25, 0.3) is 0 Å². The maximum atomic E-state index is 12.3. The number of likely N-dealkylation sites (N-methyl/N-ethyl adjacent to an activating group) is 1.